The molecule has 2 aromatic rings. The maximum atomic E-state index is 12.4. The van der Waals surface area contributed by atoms with Crippen LogP contribution in [0, 0.1) is 0 Å². The highest BCUT2D eigenvalue weighted by molar-refractivity contribution is 9.10. The Labute approximate surface area is 205 Å². The van der Waals surface area contributed by atoms with Gasteiger partial charge in [-0.1, -0.05) is 49.4 Å². The van der Waals surface area contributed by atoms with Crippen molar-refractivity contribution >= 4 is 68.3 Å². The summed E-state index contributed by atoms with van der Waals surface area (Å²) >= 11 is 20.3. The molecular formula is C21H22BrCl2N3O3S. The van der Waals surface area contributed by atoms with Gasteiger partial charge < -0.3 is 4.74 Å². The number of unbranched alkanes of at least 4 members (excludes halogenated alkanes) is 3. The zero-order valence-corrected chi connectivity index (χ0v) is 20.7. The van der Waals surface area contributed by atoms with Crippen molar-refractivity contribution in [2.24, 2.45) is 0 Å². The molecule has 0 aliphatic rings. The molecule has 0 bridgehead atoms. The number of amides is 2. The standard InChI is InChI=1S/C21H22BrCl2N3O3S/c1-2-3-4-5-10-30-18-9-6-13(11-16(18)22)19(28)25-21(31)27-26-20(29)15-8-7-14(23)12-17(15)24/h6-9,11-12H,2-5,10H2,1H3,(H,26,29)(H2,25,27,28,31). The second-order valence-electron chi connectivity index (χ2n) is 6.54. The molecule has 2 aromatic carbocycles. The molecule has 2 amide bonds. The quantitative estimate of drug-likeness (QED) is 0.226. The maximum absolute atomic E-state index is 12.4. The lowest BCUT2D eigenvalue weighted by Crippen LogP contribution is -2.48. The Kier molecular flexibility index (Phi) is 10.5. The molecule has 0 atom stereocenters. The first-order valence-electron chi connectivity index (χ1n) is 9.61. The Morgan fingerprint density at radius 2 is 1.81 bits per heavy atom. The average Bonchev–Trinajstić information content (AvgIpc) is 2.72. The number of halogens is 3. The van der Waals surface area contributed by atoms with Crippen LogP contribution in [0.1, 0.15) is 53.3 Å². The van der Waals surface area contributed by atoms with Crippen LogP contribution in [-0.2, 0) is 0 Å². The van der Waals surface area contributed by atoms with Crippen LogP contribution in [-0.4, -0.2) is 23.5 Å². The fraction of sp³-hybridized carbons (Fsp3) is 0.286. The zero-order chi connectivity index (χ0) is 22.8. The van der Waals surface area contributed by atoms with Gasteiger partial charge in [0.15, 0.2) is 5.11 Å². The fourth-order valence-corrected chi connectivity index (χ4v) is 3.66. The third-order valence-corrected chi connectivity index (χ3v) is 5.51. The lowest BCUT2D eigenvalue weighted by atomic mass is 10.2. The zero-order valence-electron chi connectivity index (χ0n) is 16.8. The number of carbonyl (C=O) groups excluding carboxylic acids is 2. The van der Waals surface area contributed by atoms with E-state index >= 15 is 0 Å². The van der Waals surface area contributed by atoms with Crippen LogP contribution >= 0.6 is 51.3 Å². The molecule has 31 heavy (non-hydrogen) atoms. The molecule has 0 heterocycles. The number of carbonyl (C=O) groups is 2. The highest BCUT2D eigenvalue weighted by Gasteiger charge is 2.13. The minimum absolute atomic E-state index is 0.0733. The SMILES string of the molecule is CCCCCCOc1ccc(C(=O)NC(=S)NNC(=O)c2ccc(Cl)cc2Cl)cc1Br. The number of benzene rings is 2. The van der Waals surface area contributed by atoms with Crippen LogP contribution in [0.15, 0.2) is 40.9 Å². The lowest BCUT2D eigenvalue weighted by Gasteiger charge is -2.12. The van der Waals surface area contributed by atoms with E-state index in [-0.39, 0.29) is 15.7 Å². The number of hydrazine groups is 1. The molecule has 0 spiro atoms. The Hall–Kier alpha value is -1.87. The number of nitrogens with one attached hydrogen (secondary N) is 3. The van der Waals surface area contributed by atoms with E-state index in [1.54, 1.807) is 24.3 Å². The van der Waals surface area contributed by atoms with Gasteiger partial charge in [-0.25, -0.2) is 0 Å². The first-order chi connectivity index (χ1) is 14.8. The monoisotopic (exact) mass is 545 g/mol. The smallest absolute Gasteiger partial charge is 0.271 e. The molecule has 0 aliphatic carbocycles. The minimum atomic E-state index is -0.526. The molecule has 6 nitrogen and oxygen atoms in total. The van der Waals surface area contributed by atoms with Crippen molar-refractivity contribution in [1.82, 2.24) is 16.2 Å². The van der Waals surface area contributed by atoms with Gasteiger partial charge in [-0.2, -0.15) is 0 Å². The Morgan fingerprint density at radius 1 is 1.03 bits per heavy atom. The van der Waals surface area contributed by atoms with Crippen molar-refractivity contribution < 1.29 is 14.3 Å². The van der Waals surface area contributed by atoms with Crippen molar-refractivity contribution in [3.05, 3.63) is 62.0 Å². The van der Waals surface area contributed by atoms with Crippen LogP contribution in [0.25, 0.3) is 0 Å². The van der Waals surface area contributed by atoms with E-state index in [0.717, 1.165) is 12.8 Å². The van der Waals surface area contributed by atoms with Crippen molar-refractivity contribution in [3.63, 3.8) is 0 Å². The van der Waals surface area contributed by atoms with Gasteiger partial charge in [0.2, 0.25) is 0 Å². The molecule has 0 unspecified atom stereocenters. The topological polar surface area (TPSA) is 79.5 Å². The molecule has 0 radical (unpaired) electrons. The number of hydrogen-bond acceptors (Lipinski definition) is 4. The van der Waals surface area contributed by atoms with Crippen LogP contribution in [0.4, 0.5) is 0 Å². The van der Waals surface area contributed by atoms with Gasteiger partial charge in [0.05, 0.1) is 21.7 Å². The molecule has 3 N–H and O–H groups in total. The molecule has 0 aromatic heterocycles. The van der Waals surface area contributed by atoms with E-state index < -0.39 is 11.8 Å². The van der Waals surface area contributed by atoms with Crippen LogP contribution in [0.5, 0.6) is 5.75 Å². The number of hydrogen-bond donors (Lipinski definition) is 3. The normalized spacial score (nSPS) is 10.3. The van der Waals surface area contributed by atoms with E-state index in [9.17, 15) is 9.59 Å². The predicted octanol–water partition coefficient (Wildman–Crippen LogP) is 5.66. The first kappa shape index (κ1) is 25.4. The Balaban J connectivity index is 1.84. The number of thiocarbonyl (C=S) groups is 1. The van der Waals surface area contributed by atoms with Crippen molar-refractivity contribution in [3.8, 4) is 5.75 Å². The third-order valence-electron chi connectivity index (χ3n) is 4.14. The summed E-state index contributed by atoms with van der Waals surface area (Å²) in [7, 11) is 0. The molecule has 0 fully saturated rings. The van der Waals surface area contributed by atoms with Crippen molar-refractivity contribution in [2.45, 2.75) is 32.6 Å². The highest BCUT2D eigenvalue weighted by atomic mass is 79.9. The summed E-state index contributed by atoms with van der Waals surface area (Å²) < 4.78 is 6.41. The van der Waals surface area contributed by atoms with E-state index in [1.165, 1.54) is 25.0 Å². The molecule has 166 valence electrons. The number of rotatable bonds is 8. The average molecular weight is 547 g/mol. The largest absolute Gasteiger partial charge is 0.492 e. The van der Waals surface area contributed by atoms with E-state index in [0.29, 0.717) is 27.4 Å². The summed E-state index contributed by atoms with van der Waals surface area (Å²) in [6.07, 6.45) is 4.46. The second-order valence-corrected chi connectivity index (χ2v) is 8.65. The summed E-state index contributed by atoms with van der Waals surface area (Å²) in [5.74, 6) is -0.297. The summed E-state index contributed by atoms with van der Waals surface area (Å²) in [6, 6.07) is 9.48. The van der Waals surface area contributed by atoms with Crippen molar-refractivity contribution in [2.75, 3.05) is 6.61 Å². The van der Waals surface area contributed by atoms with E-state index in [2.05, 4.69) is 39.0 Å². The molecule has 0 saturated heterocycles. The van der Waals surface area contributed by atoms with Gasteiger partial charge >= 0.3 is 0 Å². The minimum Gasteiger partial charge on any atom is -0.492 e. The van der Waals surface area contributed by atoms with Gasteiger partial charge in [-0.15, -0.1) is 0 Å². The predicted molar refractivity (Wildman–Crippen MR) is 131 cm³/mol. The fourth-order valence-electron chi connectivity index (χ4n) is 2.53. The van der Waals surface area contributed by atoms with Gasteiger partial charge in [-0.3, -0.25) is 25.8 Å². The van der Waals surface area contributed by atoms with Gasteiger partial charge in [0.1, 0.15) is 5.75 Å². The highest BCUT2D eigenvalue weighted by Crippen LogP contribution is 2.26. The number of ether oxygens (including phenoxy) is 1. The van der Waals surface area contributed by atoms with Gasteiger partial charge in [0, 0.05) is 10.6 Å². The first-order valence-corrected chi connectivity index (χ1v) is 11.6. The lowest BCUT2D eigenvalue weighted by molar-refractivity contribution is 0.0934. The Morgan fingerprint density at radius 3 is 2.48 bits per heavy atom. The maximum Gasteiger partial charge on any atom is 0.271 e. The van der Waals surface area contributed by atoms with Crippen LogP contribution in [0.3, 0.4) is 0 Å². The molecular weight excluding hydrogens is 525 g/mol. The van der Waals surface area contributed by atoms with Crippen molar-refractivity contribution in [1.29, 1.82) is 0 Å². The summed E-state index contributed by atoms with van der Waals surface area (Å²) in [5.41, 5.74) is 5.42. The Bertz CT molecular complexity index is 959. The van der Waals surface area contributed by atoms with Crippen LogP contribution < -0.4 is 20.9 Å². The summed E-state index contributed by atoms with van der Waals surface area (Å²) in [4.78, 5) is 24.6. The third kappa shape index (κ3) is 8.29. The molecule has 0 aliphatic heterocycles. The summed E-state index contributed by atoms with van der Waals surface area (Å²) in [5, 5.41) is 3.02. The summed E-state index contributed by atoms with van der Waals surface area (Å²) in [6.45, 7) is 2.78. The van der Waals surface area contributed by atoms with Crippen LogP contribution in [0.2, 0.25) is 10.0 Å². The van der Waals surface area contributed by atoms with E-state index in [1.807, 2.05) is 0 Å². The molecule has 0 saturated carbocycles. The second kappa shape index (κ2) is 12.9. The van der Waals surface area contributed by atoms with Gasteiger partial charge in [-0.05, 0) is 71.0 Å². The molecule has 10 heteroatoms. The molecule has 2 rings (SSSR count). The van der Waals surface area contributed by atoms with Gasteiger partial charge in [0.25, 0.3) is 11.8 Å². The van der Waals surface area contributed by atoms with E-state index in [4.69, 9.17) is 40.2 Å².